The van der Waals surface area contributed by atoms with Gasteiger partial charge in [0.15, 0.2) is 0 Å². The van der Waals surface area contributed by atoms with E-state index >= 15 is 0 Å². The van der Waals surface area contributed by atoms with E-state index in [1.54, 1.807) is 0 Å². The van der Waals surface area contributed by atoms with Crippen molar-refractivity contribution in [2.75, 3.05) is 19.8 Å². The molecule has 0 heterocycles. The summed E-state index contributed by atoms with van der Waals surface area (Å²) < 4.78 is 31.5. The molecule has 0 aliphatic heterocycles. The zero-order valence-corrected chi connectivity index (χ0v) is 12.6. The maximum Gasteiger partial charge on any atom is 0.242 e. The number of halogens is 2. The van der Waals surface area contributed by atoms with E-state index in [-0.39, 0.29) is 40.3 Å². The van der Waals surface area contributed by atoms with Crippen molar-refractivity contribution < 1.29 is 18.3 Å². The lowest BCUT2D eigenvalue weighted by molar-refractivity contribution is 0.153. The average molecular weight is 328 g/mol. The Morgan fingerprint density at radius 3 is 2.63 bits per heavy atom. The molecule has 0 aliphatic rings. The van der Waals surface area contributed by atoms with Gasteiger partial charge in [0, 0.05) is 18.2 Å². The Bertz CT molecular complexity index is 534. The average Bonchev–Trinajstić information content (AvgIpc) is 2.37. The molecule has 0 saturated carbocycles. The highest BCUT2D eigenvalue weighted by atomic mass is 35.5. The van der Waals surface area contributed by atoms with Crippen molar-refractivity contribution in [1.82, 2.24) is 4.72 Å². The van der Waals surface area contributed by atoms with Gasteiger partial charge in [-0.25, -0.2) is 13.1 Å². The summed E-state index contributed by atoms with van der Waals surface area (Å²) in [5.74, 6) is 0. The van der Waals surface area contributed by atoms with Crippen LogP contribution in [-0.4, -0.2) is 33.3 Å². The first-order valence-corrected chi connectivity index (χ1v) is 7.82. The molecule has 0 amide bonds. The number of rotatable bonds is 7. The fraction of sp³-hybridized carbons (Fsp3) is 0.455. The van der Waals surface area contributed by atoms with Gasteiger partial charge in [-0.15, -0.1) is 0 Å². The third-order valence-corrected chi connectivity index (χ3v) is 4.54. The quantitative estimate of drug-likeness (QED) is 0.749. The number of benzene rings is 1. The van der Waals surface area contributed by atoms with E-state index in [4.69, 9.17) is 33.0 Å². The number of aliphatic hydroxyl groups is 1. The molecular weight excluding hydrogens is 313 g/mol. The summed E-state index contributed by atoms with van der Waals surface area (Å²) in [5, 5.41) is 9.26. The van der Waals surface area contributed by atoms with Crippen LogP contribution in [0.4, 0.5) is 0 Å². The van der Waals surface area contributed by atoms with Gasteiger partial charge in [-0.2, -0.15) is 0 Å². The second-order valence-electron chi connectivity index (χ2n) is 3.63. The van der Waals surface area contributed by atoms with Crippen LogP contribution in [0, 0.1) is 0 Å². The predicted molar refractivity (Wildman–Crippen MR) is 74.1 cm³/mol. The molecule has 0 bridgehead atoms. The summed E-state index contributed by atoms with van der Waals surface area (Å²) in [4.78, 5) is -0.151. The van der Waals surface area contributed by atoms with Crippen molar-refractivity contribution in [1.29, 1.82) is 0 Å². The third kappa shape index (κ3) is 4.59. The SMILES string of the molecule is CCOCCNS(=O)(=O)c1cc(Cl)cc(CO)c1Cl. The minimum atomic E-state index is -3.78. The molecule has 0 fully saturated rings. The zero-order valence-electron chi connectivity index (χ0n) is 10.3. The Morgan fingerprint density at radius 2 is 2.05 bits per heavy atom. The maximum atomic E-state index is 12.0. The Balaban J connectivity index is 2.98. The van der Waals surface area contributed by atoms with Crippen molar-refractivity contribution in [3.8, 4) is 0 Å². The van der Waals surface area contributed by atoms with Crippen LogP contribution < -0.4 is 4.72 Å². The molecule has 0 radical (unpaired) electrons. The highest BCUT2D eigenvalue weighted by Crippen LogP contribution is 2.29. The molecule has 8 heteroatoms. The van der Waals surface area contributed by atoms with E-state index in [9.17, 15) is 8.42 Å². The van der Waals surface area contributed by atoms with E-state index in [1.165, 1.54) is 12.1 Å². The first kappa shape index (κ1) is 16.7. The van der Waals surface area contributed by atoms with Gasteiger partial charge in [0.05, 0.1) is 18.2 Å². The molecule has 108 valence electrons. The monoisotopic (exact) mass is 327 g/mol. The summed E-state index contributed by atoms with van der Waals surface area (Å²) in [6.45, 7) is 2.33. The molecule has 0 unspecified atom stereocenters. The second-order valence-corrected chi connectivity index (χ2v) is 6.18. The lowest BCUT2D eigenvalue weighted by Gasteiger charge is -2.11. The van der Waals surface area contributed by atoms with Gasteiger partial charge in [0.25, 0.3) is 0 Å². The summed E-state index contributed by atoms with van der Waals surface area (Å²) >= 11 is 11.7. The number of hydrogen-bond donors (Lipinski definition) is 2. The van der Waals surface area contributed by atoms with Crippen LogP contribution in [0.2, 0.25) is 10.0 Å². The van der Waals surface area contributed by atoms with Gasteiger partial charge in [-0.05, 0) is 24.6 Å². The first-order chi connectivity index (χ1) is 8.92. The van der Waals surface area contributed by atoms with Gasteiger partial charge in [-0.1, -0.05) is 23.2 Å². The number of hydrogen-bond acceptors (Lipinski definition) is 4. The van der Waals surface area contributed by atoms with Crippen LogP contribution >= 0.6 is 23.2 Å². The van der Waals surface area contributed by atoms with Crippen LogP contribution in [0.25, 0.3) is 0 Å². The van der Waals surface area contributed by atoms with E-state index in [2.05, 4.69) is 4.72 Å². The van der Waals surface area contributed by atoms with E-state index in [1.807, 2.05) is 6.92 Å². The number of nitrogens with one attached hydrogen (secondary N) is 1. The van der Waals surface area contributed by atoms with Crippen molar-refractivity contribution in [3.63, 3.8) is 0 Å². The van der Waals surface area contributed by atoms with Gasteiger partial charge in [0.2, 0.25) is 10.0 Å². The van der Waals surface area contributed by atoms with Crippen LogP contribution in [-0.2, 0) is 21.4 Å². The number of ether oxygens (including phenoxy) is 1. The van der Waals surface area contributed by atoms with Crippen molar-refractivity contribution >= 4 is 33.2 Å². The standard InChI is InChI=1S/C11H15Cl2NO4S/c1-2-18-4-3-14-19(16,17)10-6-9(12)5-8(7-15)11(10)13/h5-6,14-15H,2-4,7H2,1H3. The fourth-order valence-electron chi connectivity index (χ4n) is 1.40. The first-order valence-electron chi connectivity index (χ1n) is 5.58. The topological polar surface area (TPSA) is 75.6 Å². The molecule has 0 aromatic heterocycles. The Hall–Kier alpha value is -0.370. The zero-order chi connectivity index (χ0) is 14.5. The van der Waals surface area contributed by atoms with Crippen LogP contribution in [0.3, 0.4) is 0 Å². The normalized spacial score (nSPS) is 11.8. The van der Waals surface area contributed by atoms with Gasteiger partial charge in [-0.3, -0.25) is 0 Å². The minimum Gasteiger partial charge on any atom is -0.392 e. The Labute approximate surface area is 122 Å². The summed E-state index contributed by atoms with van der Waals surface area (Å²) in [6.07, 6.45) is 0. The molecule has 0 spiro atoms. The highest BCUT2D eigenvalue weighted by molar-refractivity contribution is 7.89. The lowest BCUT2D eigenvalue weighted by Crippen LogP contribution is -2.28. The molecule has 1 aromatic rings. The molecule has 5 nitrogen and oxygen atoms in total. The molecule has 0 aliphatic carbocycles. The molecule has 1 aromatic carbocycles. The van der Waals surface area contributed by atoms with Crippen LogP contribution in [0.15, 0.2) is 17.0 Å². The molecule has 0 atom stereocenters. The van der Waals surface area contributed by atoms with Crippen LogP contribution in [0.1, 0.15) is 12.5 Å². The molecule has 19 heavy (non-hydrogen) atoms. The molecule has 0 saturated heterocycles. The second kappa shape index (κ2) is 7.42. The number of aliphatic hydroxyl groups excluding tert-OH is 1. The van der Waals surface area contributed by atoms with Gasteiger partial charge < -0.3 is 9.84 Å². The fourth-order valence-corrected chi connectivity index (χ4v) is 3.33. The number of sulfonamides is 1. The smallest absolute Gasteiger partial charge is 0.242 e. The van der Waals surface area contributed by atoms with Crippen molar-refractivity contribution in [3.05, 3.63) is 27.7 Å². The summed E-state index contributed by atoms with van der Waals surface area (Å²) in [5.41, 5.74) is 0.263. The van der Waals surface area contributed by atoms with E-state index in [0.717, 1.165) is 0 Å². The van der Waals surface area contributed by atoms with E-state index < -0.39 is 10.0 Å². The Morgan fingerprint density at radius 1 is 1.37 bits per heavy atom. The molecular formula is C11H15Cl2NO4S. The third-order valence-electron chi connectivity index (χ3n) is 2.28. The predicted octanol–water partition coefficient (Wildman–Crippen LogP) is 1.80. The van der Waals surface area contributed by atoms with Gasteiger partial charge >= 0.3 is 0 Å². The van der Waals surface area contributed by atoms with Crippen molar-refractivity contribution in [2.24, 2.45) is 0 Å². The summed E-state index contributed by atoms with van der Waals surface area (Å²) in [7, 11) is -3.78. The Kier molecular flexibility index (Phi) is 6.52. The lowest BCUT2D eigenvalue weighted by atomic mass is 10.2. The largest absolute Gasteiger partial charge is 0.392 e. The van der Waals surface area contributed by atoms with Crippen molar-refractivity contribution in [2.45, 2.75) is 18.4 Å². The minimum absolute atomic E-state index is 0.0317. The molecule has 1 rings (SSSR count). The van der Waals surface area contributed by atoms with E-state index in [0.29, 0.717) is 6.61 Å². The molecule has 2 N–H and O–H groups in total. The van der Waals surface area contributed by atoms with Crippen LogP contribution in [0.5, 0.6) is 0 Å². The highest BCUT2D eigenvalue weighted by Gasteiger charge is 2.20. The maximum absolute atomic E-state index is 12.0. The summed E-state index contributed by atoms with van der Waals surface area (Å²) in [6, 6.07) is 2.66. The van der Waals surface area contributed by atoms with Gasteiger partial charge in [0.1, 0.15) is 4.90 Å².